The largest absolute Gasteiger partial charge is 0.491 e. The Morgan fingerprint density at radius 3 is 2.65 bits per heavy atom. The van der Waals surface area contributed by atoms with Gasteiger partial charge in [0.05, 0.1) is 12.3 Å². The number of nitrogens with two attached hydrogens (primary N) is 1. The van der Waals surface area contributed by atoms with Crippen LogP contribution < -0.4 is 10.5 Å². The highest BCUT2D eigenvalue weighted by Gasteiger charge is 2.01. The molecule has 0 heterocycles. The number of anilines is 1. The molecule has 20 heavy (non-hydrogen) atoms. The predicted octanol–water partition coefficient (Wildman–Crippen LogP) is 4.45. The summed E-state index contributed by atoms with van der Waals surface area (Å²) >= 11 is 1.88. The maximum absolute atomic E-state index is 5.83. The van der Waals surface area contributed by atoms with Gasteiger partial charge in [0.15, 0.2) is 0 Å². The molecule has 106 valence electrons. The molecular weight excluding hydrogens is 266 g/mol. The summed E-state index contributed by atoms with van der Waals surface area (Å²) < 4.78 is 5.69. The van der Waals surface area contributed by atoms with E-state index in [2.05, 4.69) is 32.0 Å². The molecule has 0 unspecified atom stereocenters. The number of ether oxygens (including phenoxy) is 1. The molecule has 3 heteroatoms. The van der Waals surface area contributed by atoms with Crippen LogP contribution in [0.15, 0.2) is 47.4 Å². The van der Waals surface area contributed by atoms with Gasteiger partial charge in [0.2, 0.25) is 0 Å². The fourth-order valence-electron chi connectivity index (χ4n) is 2.00. The lowest BCUT2D eigenvalue weighted by Crippen LogP contribution is -2.01. The van der Waals surface area contributed by atoms with E-state index in [1.165, 1.54) is 16.0 Å². The monoisotopic (exact) mass is 287 g/mol. The van der Waals surface area contributed by atoms with Gasteiger partial charge in [0, 0.05) is 10.6 Å². The van der Waals surface area contributed by atoms with Crippen molar-refractivity contribution < 1.29 is 4.74 Å². The summed E-state index contributed by atoms with van der Waals surface area (Å²) in [6.45, 7) is 4.99. The van der Waals surface area contributed by atoms with Gasteiger partial charge in [-0.2, -0.15) is 0 Å². The summed E-state index contributed by atoms with van der Waals surface area (Å²) in [4.78, 5) is 1.36. The second-order valence-corrected chi connectivity index (χ2v) is 5.99. The molecule has 0 atom stereocenters. The van der Waals surface area contributed by atoms with Crippen LogP contribution in [0.5, 0.6) is 5.75 Å². The Bertz CT molecular complexity index is 569. The van der Waals surface area contributed by atoms with Gasteiger partial charge in [-0.25, -0.2) is 0 Å². The smallest absolute Gasteiger partial charge is 0.142 e. The van der Waals surface area contributed by atoms with Crippen LogP contribution in [-0.4, -0.2) is 12.4 Å². The maximum atomic E-state index is 5.83. The Labute approximate surface area is 125 Å². The Balaban J connectivity index is 1.73. The molecule has 0 bridgehead atoms. The lowest BCUT2D eigenvalue weighted by Gasteiger charge is -2.09. The third kappa shape index (κ3) is 4.20. The zero-order valence-electron chi connectivity index (χ0n) is 12.1. The van der Waals surface area contributed by atoms with Gasteiger partial charge in [-0.1, -0.05) is 29.8 Å². The van der Waals surface area contributed by atoms with Crippen LogP contribution in [-0.2, 0) is 0 Å². The highest BCUT2D eigenvalue weighted by Crippen LogP contribution is 2.24. The second-order valence-electron chi connectivity index (χ2n) is 4.86. The van der Waals surface area contributed by atoms with Crippen molar-refractivity contribution in [3.63, 3.8) is 0 Å². The Hall–Kier alpha value is -1.61. The molecule has 2 aromatic rings. The lowest BCUT2D eigenvalue weighted by molar-refractivity contribution is 0.320. The molecule has 0 aliphatic heterocycles. The fourth-order valence-corrected chi connectivity index (χ4v) is 2.93. The molecule has 0 aliphatic carbocycles. The van der Waals surface area contributed by atoms with Crippen molar-refractivity contribution in [3.8, 4) is 5.75 Å². The van der Waals surface area contributed by atoms with Crippen molar-refractivity contribution >= 4 is 17.4 Å². The lowest BCUT2D eigenvalue weighted by atomic mass is 10.2. The summed E-state index contributed by atoms with van der Waals surface area (Å²) in [5, 5.41) is 0. The van der Waals surface area contributed by atoms with Crippen molar-refractivity contribution in [2.75, 3.05) is 18.1 Å². The highest BCUT2D eigenvalue weighted by atomic mass is 32.2. The van der Waals surface area contributed by atoms with Gasteiger partial charge in [-0.15, -0.1) is 11.8 Å². The van der Waals surface area contributed by atoms with E-state index in [-0.39, 0.29) is 0 Å². The number of benzene rings is 2. The molecular formula is C17H21NOS. The topological polar surface area (TPSA) is 35.2 Å². The third-order valence-electron chi connectivity index (χ3n) is 3.05. The molecule has 0 aliphatic rings. The number of hydrogen-bond donors (Lipinski definition) is 1. The van der Waals surface area contributed by atoms with E-state index in [0.717, 1.165) is 17.9 Å². The SMILES string of the molecule is Cc1ccc(SCCCOc2ccccc2N)c(C)c1. The van der Waals surface area contributed by atoms with Crippen LogP contribution >= 0.6 is 11.8 Å². The maximum Gasteiger partial charge on any atom is 0.142 e. The minimum atomic E-state index is 0.701. The van der Waals surface area contributed by atoms with Gasteiger partial charge in [0.1, 0.15) is 5.75 Å². The van der Waals surface area contributed by atoms with E-state index in [0.29, 0.717) is 12.3 Å². The Morgan fingerprint density at radius 1 is 1.10 bits per heavy atom. The van der Waals surface area contributed by atoms with Crippen LogP contribution in [0.1, 0.15) is 17.5 Å². The van der Waals surface area contributed by atoms with Gasteiger partial charge in [-0.05, 0) is 44.0 Å². The first-order valence-corrected chi connectivity index (χ1v) is 7.83. The number of nitrogen functional groups attached to an aromatic ring is 1. The first-order chi connectivity index (χ1) is 9.66. The van der Waals surface area contributed by atoms with E-state index >= 15 is 0 Å². The van der Waals surface area contributed by atoms with Gasteiger partial charge in [-0.3, -0.25) is 0 Å². The van der Waals surface area contributed by atoms with Crippen molar-refractivity contribution in [1.29, 1.82) is 0 Å². The second kappa shape index (κ2) is 7.25. The zero-order valence-corrected chi connectivity index (χ0v) is 12.9. The summed E-state index contributed by atoms with van der Waals surface area (Å²) in [7, 11) is 0. The van der Waals surface area contributed by atoms with Crippen molar-refractivity contribution in [2.45, 2.75) is 25.2 Å². The van der Waals surface area contributed by atoms with Gasteiger partial charge < -0.3 is 10.5 Å². The average molecular weight is 287 g/mol. The van der Waals surface area contributed by atoms with Crippen molar-refractivity contribution in [2.24, 2.45) is 0 Å². The average Bonchev–Trinajstić information content (AvgIpc) is 2.42. The molecule has 0 amide bonds. The Kier molecular flexibility index (Phi) is 5.36. The fraction of sp³-hybridized carbons (Fsp3) is 0.294. The van der Waals surface area contributed by atoms with Crippen LogP contribution in [0.2, 0.25) is 0 Å². The van der Waals surface area contributed by atoms with E-state index in [1.807, 2.05) is 36.0 Å². The van der Waals surface area contributed by atoms with E-state index in [9.17, 15) is 0 Å². The Morgan fingerprint density at radius 2 is 1.90 bits per heavy atom. The predicted molar refractivity (Wildman–Crippen MR) is 87.6 cm³/mol. The number of aryl methyl sites for hydroxylation is 2. The molecule has 0 spiro atoms. The standard InChI is InChI=1S/C17H21NOS/c1-13-8-9-17(14(2)12-13)20-11-5-10-19-16-7-4-3-6-15(16)18/h3-4,6-9,12H,5,10-11,18H2,1-2H3. The van der Waals surface area contributed by atoms with E-state index in [1.54, 1.807) is 0 Å². The molecule has 0 radical (unpaired) electrons. The molecule has 2 nitrogen and oxygen atoms in total. The quantitative estimate of drug-likeness (QED) is 0.484. The molecule has 2 aromatic carbocycles. The van der Waals surface area contributed by atoms with Gasteiger partial charge >= 0.3 is 0 Å². The summed E-state index contributed by atoms with van der Waals surface area (Å²) in [5.41, 5.74) is 9.20. The zero-order chi connectivity index (χ0) is 14.4. The van der Waals surface area contributed by atoms with Gasteiger partial charge in [0.25, 0.3) is 0 Å². The molecule has 2 rings (SSSR count). The number of para-hydroxylation sites is 2. The minimum Gasteiger partial charge on any atom is -0.491 e. The molecule has 0 saturated heterocycles. The third-order valence-corrected chi connectivity index (χ3v) is 4.32. The minimum absolute atomic E-state index is 0.701. The van der Waals surface area contributed by atoms with E-state index < -0.39 is 0 Å². The van der Waals surface area contributed by atoms with Crippen molar-refractivity contribution in [3.05, 3.63) is 53.6 Å². The summed E-state index contributed by atoms with van der Waals surface area (Å²) in [6.07, 6.45) is 1.01. The first-order valence-electron chi connectivity index (χ1n) is 6.84. The van der Waals surface area contributed by atoms with Crippen molar-refractivity contribution in [1.82, 2.24) is 0 Å². The number of thioether (sulfide) groups is 1. The normalized spacial score (nSPS) is 10.5. The van der Waals surface area contributed by atoms with Crippen LogP contribution in [0.3, 0.4) is 0 Å². The molecule has 2 N–H and O–H groups in total. The molecule has 0 aromatic heterocycles. The highest BCUT2D eigenvalue weighted by molar-refractivity contribution is 7.99. The molecule has 0 saturated carbocycles. The van der Waals surface area contributed by atoms with Crippen LogP contribution in [0.25, 0.3) is 0 Å². The number of hydrogen-bond acceptors (Lipinski definition) is 3. The summed E-state index contributed by atoms with van der Waals surface area (Å²) in [6, 6.07) is 14.2. The van der Waals surface area contributed by atoms with E-state index in [4.69, 9.17) is 10.5 Å². The van der Waals surface area contributed by atoms with Crippen LogP contribution in [0, 0.1) is 13.8 Å². The first kappa shape index (κ1) is 14.8. The molecule has 0 fully saturated rings. The number of rotatable bonds is 6. The summed E-state index contributed by atoms with van der Waals surface area (Å²) in [5.74, 6) is 1.83. The van der Waals surface area contributed by atoms with Crippen LogP contribution in [0.4, 0.5) is 5.69 Å².